The van der Waals surface area contributed by atoms with Crippen LogP contribution in [-0.4, -0.2) is 59.0 Å². The minimum absolute atomic E-state index is 0.231. The number of anilines is 2. The average molecular weight is 657 g/mol. The number of sulfone groups is 2. The number of aromatic nitrogens is 2. The number of rotatable bonds is 8. The molecule has 2 aliphatic carbocycles. The second-order valence-electron chi connectivity index (χ2n) is 14.8. The first-order valence-corrected chi connectivity index (χ1v) is 18.1. The van der Waals surface area contributed by atoms with Crippen molar-refractivity contribution in [1.82, 2.24) is 10.3 Å². The van der Waals surface area contributed by atoms with Crippen LogP contribution in [0.2, 0.25) is 0 Å². The fourth-order valence-electron chi connectivity index (χ4n) is 4.58. The molecule has 2 N–H and O–H groups in total. The number of hydrogen-bond donors (Lipinski definition) is 2. The van der Waals surface area contributed by atoms with Gasteiger partial charge in [0.15, 0.2) is 31.3 Å². The molecule has 0 spiro atoms. The standard InChI is InChI=1S/C16H26N2O4S.C14H22N2O4S/c1-15(2,3)12-10-13(18-22-12)17-14(19)16(4,5)23(20,21)11-8-6-7-9-11;1-13(2,3)10-8-11(16-20-10)15-12(17)14(4,5)21(18,19)9-6-7-9/h10-11H,6-9H2,1-5H3,(H,17,18,19);8-9H,6-7H2,1-5H3,(H,15,16,17). The number of nitrogens with zero attached hydrogens (tertiary/aromatic N) is 2. The quantitative estimate of drug-likeness (QED) is 0.378. The molecule has 2 saturated carbocycles. The monoisotopic (exact) mass is 656 g/mol. The van der Waals surface area contributed by atoms with E-state index < -0.39 is 46.2 Å². The number of nitrogens with one attached hydrogen (secondary N) is 2. The Balaban J connectivity index is 0.000000241. The molecule has 0 aliphatic heterocycles. The van der Waals surface area contributed by atoms with Gasteiger partial charge in [0, 0.05) is 23.0 Å². The highest BCUT2D eigenvalue weighted by atomic mass is 32.2. The molecular weight excluding hydrogens is 608 g/mol. The molecule has 248 valence electrons. The summed E-state index contributed by atoms with van der Waals surface area (Å²) in [5, 5.41) is 11.9. The minimum Gasteiger partial charge on any atom is -0.359 e. The molecule has 0 unspecified atom stereocenters. The maximum Gasteiger partial charge on any atom is 0.246 e. The van der Waals surface area contributed by atoms with Gasteiger partial charge in [-0.05, 0) is 53.4 Å². The summed E-state index contributed by atoms with van der Waals surface area (Å²) in [5.41, 5.74) is -0.465. The van der Waals surface area contributed by atoms with E-state index >= 15 is 0 Å². The summed E-state index contributed by atoms with van der Waals surface area (Å²) < 4.78 is 57.5. The lowest BCUT2D eigenvalue weighted by Gasteiger charge is -2.26. The van der Waals surface area contributed by atoms with Crippen molar-refractivity contribution in [2.24, 2.45) is 0 Å². The van der Waals surface area contributed by atoms with Crippen molar-refractivity contribution in [1.29, 1.82) is 0 Å². The lowest BCUT2D eigenvalue weighted by Crippen LogP contribution is -2.48. The molecular formula is C30H48N4O8S2. The predicted octanol–water partition coefficient (Wildman–Crippen LogP) is 5.31. The highest BCUT2D eigenvalue weighted by Gasteiger charge is 2.51. The number of amides is 2. The summed E-state index contributed by atoms with van der Waals surface area (Å²) in [6, 6.07) is 3.26. The highest BCUT2D eigenvalue weighted by Crippen LogP contribution is 2.37. The van der Waals surface area contributed by atoms with E-state index in [9.17, 15) is 26.4 Å². The average Bonchev–Trinajstić information content (AvgIpc) is 3.26. The zero-order valence-corrected chi connectivity index (χ0v) is 29.2. The summed E-state index contributed by atoms with van der Waals surface area (Å²) in [5.74, 6) is 0.588. The third kappa shape index (κ3) is 7.55. The Bertz CT molecular complexity index is 1560. The molecule has 0 saturated heterocycles. The van der Waals surface area contributed by atoms with Crippen molar-refractivity contribution < 1.29 is 35.5 Å². The molecule has 2 fully saturated rings. The van der Waals surface area contributed by atoms with Crippen LogP contribution in [0.15, 0.2) is 21.2 Å². The molecule has 0 bridgehead atoms. The van der Waals surface area contributed by atoms with Gasteiger partial charge in [-0.3, -0.25) is 9.59 Å². The smallest absolute Gasteiger partial charge is 0.246 e. The Morgan fingerprint density at radius 2 is 0.955 bits per heavy atom. The van der Waals surface area contributed by atoms with Crippen LogP contribution in [0.3, 0.4) is 0 Å². The molecule has 0 atom stereocenters. The second-order valence-corrected chi connectivity index (χ2v) is 20.3. The van der Waals surface area contributed by atoms with Crippen molar-refractivity contribution in [3.8, 4) is 0 Å². The van der Waals surface area contributed by atoms with Gasteiger partial charge in [-0.25, -0.2) is 16.8 Å². The van der Waals surface area contributed by atoms with Crippen molar-refractivity contribution >= 4 is 43.1 Å². The van der Waals surface area contributed by atoms with Crippen LogP contribution >= 0.6 is 0 Å². The predicted molar refractivity (Wildman–Crippen MR) is 169 cm³/mol. The molecule has 14 heteroatoms. The number of hydrogen-bond acceptors (Lipinski definition) is 10. The van der Waals surface area contributed by atoms with Gasteiger partial charge in [0.05, 0.1) is 10.5 Å². The normalized spacial score (nSPS) is 17.1. The van der Waals surface area contributed by atoms with Gasteiger partial charge < -0.3 is 19.7 Å². The van der Waals surface area contributed by atoms with Crippen LogP contribution < -0.4 is 10.6 Å². The Kier molecular flexibility index (Phi) is 9.93. The van der Waals surface area contributed by atoms with Gasteiger partial charge in [-0.15, -0.1) is 0 Å². The Morgan fingerprint density at radius 1 is 0.636 bits per heavy atom. The molecule has 12 nitrogen and oxygen atoms in total. The van der Waals surface area contributed by atoms with Crippen LogP contribution in [0.1, 0.15) is 119 Å². The van der Waals surface area contributed by atoms with Crippen LogP contribution in [0, 0.1) is 0 Å². The van der Waals surface area contributed by atoms with Crippen molar-refractivity contribution in [3.05, 3.63) is 23.7 Å². The van der Waals surface area contributed by atoms with Gasteiger partial charge in [0.2, 0.25) is 11.8 Å². The van der Waals surface area contributed by atoms with E-state index in [1.54, 1.807) is 12.1 Å². The van der Waals surface area contributed by atoms with Crippen LogP contribution in [0.5, 0.6) is 0 Å². The fraction of sp³-hybridized carbons (Fsp3) is 0.733. The third-order valence-electron chi connectivity index (χ3n) is 8.20. The minimum atomic E-state index is -3.55. The van der Waals surface area contributed by atoms with Gasteiger partial charge in [0.1, 0.15) is 21.0 Å². The molecule has 0 radical (unpaired) electrons. The molecule has 2 heterocycles. The van der Waals surface area contributed by atoms with Gasteiger partial charge in [-0.2, -0.15) is 0 Å². The number of carbonyl (C=O) groups is 2. The topological polar surface area (TPSA) is 179 Å². The summed E-state index contributed by atoms with van der Waals surface area (Å²) in [7, 11) is -7.03. The van der Waals surface area contributed by atoms with E-state index in [0.29, 0.717) is 37.2 Å². The van der Waals surface area contributed by atoms with Crippen LogP contribution in [-0.2, 0) is 40.1 Å². The summed E-state index contributed by atoms with van der Waals surface area (Å²) in [6.07, 6.45) is 4.35. The lowest BCUT2D eigenvalue weighted by atomic mass is 9.93. The second kappa shape index (κ2) is 12.2. The van der Waals surface area contributed by atoms with Crippen LogP contribution in [0.4, 0.5) is 11.6 Å². The first-order chi connectivity index (χ1) is 19.9. The van der Waals surface area contributed by atoms with Crippen molar-refractivity contribution in [2.75, 3.05) is 10.6 Å². The molecule has 2 amide bonds. The zero-order chi connectivity index (χ0) is 33.5. The molecule has 4 rings (SSSR count). The zero-order valence-electron chi connectivity index (χ0n) is 27.5. The van der Waals surface area contributed by atoms with E-state index in [2.05, 4.69) is 20.9 Å². The summed E-state index contributed by atoms with van der Waals surface area (Å²) in [4.78, 5) is 24.8. The Hall–Kier alpha value is -2.74. The summed E-state index contributed by atoms with van der Waals surface area (Å²) in [6.45, 7) is 17.6. The van der Waals surface area contributed by atoms with Gasteiger partial charge in [0.25, 0.3) is 0 Å². The summed E-state index contributed by atoms with van der Waals surface area (Å²) >= 11 is 0. The van der Waals surface area contributed by atoms with Crippen LogP contribution in [0.25, 0.3) is 0 Å². The van der Waals surface area contributed by atoms with E-state index in [4.69, 9.17) is 9.05 Å². The largest absolute Gasteiger partial charge is 0.359 e. The van der Waals surface area contributed by atoms with E-state index in [1.165, 1.54) is 27.7 Å². The maximum absolute atomic E-state index is 12.7. The SMILES string of the molecule is CC(C)(C)c1cc(NC(=O)C(C)(C)S(=O)(=O)C2CC2)no1.CC(C)(C)c1cc(NC(=O)C(C)(C)S(=O)(=O)C2CCCC2)no1. The Labute approximate surface area is 261 Å². The number of carbonyl (C=O) groups excluding carboxylic acids is 2. The van der Waals surface area contributed by atoms with E-state index in [0.717, 1.165) is 12.8 Å². The maximum atomic E-state index is 12.7. The molecule has 0 aromatic carbocycles. The third-order valence-corrected chi connectivity index (χ3v) is 14.1. The van der Waals surface area contributed by atoms with Gasteiger partial charge in [-0.1, -0.05) is 64.7 Å². The lowest BCUT2D eigenvalue weighted by molar-refractivity contribution is -0.118. The first kappa shape index (κ1) is 35.7. The van der Waals surface area contributed by atoms with E-state index in [-0.39, 0.29) is 27.7 Å². The molecule has 2 aromatic rings. The Morgan fingerprint density at radius 3 is 1.23 bits per heavy atom. The van der Waals surface area contributed by atoms with E-state index in [1.807, 2.05) is 41.5 Å². The van der Waals surface area contributed by atoms with Crippen molar-refractivity contribution in [2.45, 2.75) is 139 Å². The van der Waals surface area contributed by atoms with Crippen molar-refractivity contribution in [3.63, 3.8) is 0 Å². The molecule has 2 aliphatic rings. The highest BCUT2D eigenvalue weighted by molar-refractivity contribution is 7.94. The first-order valence-electron chi connectivity index (χ1n) is 15.0. The molecule has 2 aromatic heterocycles. The van der Waals surface area contributed by atoms with Gasteiger partial charge >= 0.3 is 0 Å². The molecule has 44 heavy (non-hydrogen) atoms. The fourth-order valence-corrected chi connectivity index (χ4v) is 8.57.